The van der Waals surface area contributed by atoms with Crippen molar-refractivity contribution >= 4 is 9.84 Å². The summed E-state index contributed by atoms with van der Waals surface area (Å²) in [5.74, 6) is 0. The Morgan fingerprint density at radius 2 is 1.48 bits per heavy atom. The molecule has 116 valence electrons. The van der Waals surface area contributed by atoms with Crippen LogP contribution in [0.2, 0.25) is 0 Å². The van der Waals surface area contributed by atoms with E-state index in [0.717, 1.165) is 22.4 Å². The van der Waals surface area contributed by atoms with E-state index in [-0.39, 0.29) is 4.90 Å². The lowest BCUT2D eigenvalue weighted by Gasteiger charge is -2.10. The molecule has 0 saturated heterocycles. The van der Waals surface area contributed by atoms with Crippen molar-refractivity contribution in [1.82, 2.24) is 4.98 Å². The largest absolute Gasteiger partial charge is 0.255 e. The van der Waals surface area contributed by atoms with Gasteiger partial charge in [0.25, 0.3) is 0 Å². The minimum Gasteiger partial charge on any atom is -0.255 e. The van der Waals surface area contributed by atoms with Gasteiger partial charge in [0, 0.05) is 18.0 Å². The maximum absolute atomic E-state index is 11.6. The fraction of sp³-hybridized carbons (Fsp3) is 0.105. The summed E-state index contributed by atoms with van der Waals surface area (Å²) in [6.45, 7) is 2.06. The summed E-state index contributed by atoms with van der Waals surface area (Å²) < 4.78 is 23.1. The second-order valence-electron chi connectivity index (χ2n) is 5.56. The second kappa shape index (κ2) is 5.97. The first-order chi connectivity index (χ1) is 10.9. The van der Waals surface area contributed by atoms with Crippen molar-refractivity contribution in [3.05, 3.63) is 72.4 Å². The number of hydrogen-bond donors (Lipinski definition) is 0. The smallest absolute Gasteiger partial charge is 0.177 e. The summed E-state index contributed by atoms with van der Waals surface area (Å²) in [5.41, 5.74) is 5.14. The third-order valence-electron chi connectivity index (χ3n) is 3.73. The topological polar surface area (TPSA) is 47.0 Å². The van der Waals surface area contributed by atoms with Crippen LogP contribution in [0.1, 0.15) is 5.56 Å². The Morgan fingerprint density at radius 3 is 2.04 bits per heavy atom. The monoisotopic (exact) mass is 323 g/mol. The molecule has 1 heterocycles. The molecule has 3 aromatic rings. The third kappa shape index (κ3) is 3.32. The van der Waals surface area contributed by atoms with Gasteiger partial charge >= 0.3 is 0 Å². The lowest BCUT2D eigenvalue weighted by Crippen LogP contribution is -1.98. The van der Waals surface area contributed by atoms with Crippen molar-refractivity contribution in [3.8, 4) is 22.4 Å². The average molecular weight is 323 g/mol. The molecule has 3 nitrogen and oxygen atoms in total. The number of aromatic nitrogens is 1. The van der Waals surface area contributed by atoms with Crippen LogP contribution in [0, 0.1) is 6.92 Å². The molecule has 0 saturated carbocycles. The molecule has 23 heavy (non-hydrogen) atoms. The summed E-state index contributed by atoms with van der Waals surface area (Å²) >= 11 is 0. The van der Waals surface area contributed by atoms with E-state index in [9.17, 15) is 8.42 Å². The maximum atomic E-state index is 11.6. The number of rotatable bonds is 3. The van der Waals surface area contributed by atoms with Gasteiger partial charge in [0.05, 0.1) is 10.6 Å². The standard InChI is InChI=1S/C19H17NO2S/c1-14-7-9-15(10-8-14)17-5-3-4-6-18(17)19-12-11-16(13-20-19)23(2,21)22/h3-13H,1-2H3. The Hall–Kier alpha value is -2.46. The number of aryl methyl sites for hydroxylation is 1. The lowest BCUT2D eigenvalue weighted by molar-refractivity contribution is 0.601. The van der Waals surface area contributed by atoms with Gasteiger partial charge in [-0.1, -0.05) is 54.1 Å². The third-order valence-corrected chi connectivity index (χ3v) is 4.83. The zero-order chi connectivity index (χ0) is 16.4. The van der Waals surface area contributed by atoms with E-state index in [2.05, 4.69) is 36.2 Å². The Kier molecular flexibility index (Phi) is 4.01. The normalized spacial score (nSPS) is 11.4. The SMILES string of the molecule is Cc1ccc(-c2ccccc2-c2ccc(S(C)(=O)=O)cn2)cc1. The van der Waals surface area contributed by atoms with Crippen molar-refractivity contribution < 1.29 is 8.42 Å². The van der Waals surface area contributed by atoms with Crippen LogP contribution in [0.5, 0.6) is 0 Å². The van der Waals surface area contributed by atoms with Crippen LogP contribution in [0.4, 0.5) is 0 Å². The van der Waals surface area contributed by atoms with Crippen molar-refractivity contribution in [2.45, 2.75) is 11.8 Å². The quantitative estimate of drug-likeness (QED) is 0.728. The summed E-state index contributed by atoms with van der Waals surface area (Å²) in [6, 6.07) is 19.7. The molecule has 0 radical (unpaired) electrons. The van der Waals surface area contributed by atoms with E-state index in [1.807, 2.05) is 24.3 Å². The fourth-order valence-corrected chi connectivity index (χ4v) is 3.01. The molecule has 0 unspecified atom stereocenters. The van der Waals surface area contributed by atoms with Crippen LogP contribution in [0.3, 0.4) is 0 Å². The molecule has 2 aromatic carbocycles. The first-order valence-corrected chi connectivity index (χ1v) is 9.17. The molecule has 0 fully saturated rings. The van der Waals surface area contributed by atoms with Gasteiger partial charge in [-0.25, -0.2) is 8.42 Å². The molecule has 0 amide bonds. The van der Waals surface area contributed by atoms with Gasteiger partial charge in [-0.05, 0) is 30.2 Å². The van der Waals surface area contributed by atoms with Crippen LogP contribution < -0.4 is 0 Å². The summed E-state index contributed by atoms with van der Waals surface area (Å²) in [6.07, 6.45) is 2.60. The van der Waals surface area contributed by atoms with Crippen LogP contribution in [-0.2, 0) is 9.84 Å². The highest BCUT2D eigenvalue weighted by Gasteiger charge is 2.11. The minimum atomic E-state index is -3.23. The van der Waals surface area contributed by atoms with Gasteiger partial charge in [0.2, 0.25) is 0 Å². The van der Waals surface area contributed by atoms with E-state index in [0.29, 0.717) is 0 Å². The Balaban J connectivity index is 2.09. The van der Waals surface area contributed by atoms with Crippen LogP contribution in [0.25, 0.3) is 22.4 Å². The van der Waals surface area contributed by atoms with E-state index in [1.54, 1.807) is 12.1 Å². The molecule has 0 aliphatic carbocycles. The fourth-order valence-electron chi connectivity index (χ4n) is 2.45. The van der Waals surface area contributed by atoms with Gasteiger partial charge in [-0.2, -0.15) is 0 Å². The molecule has 0 bridgehead atoms. The molecule has 4 heteroatoms. The van der Waals surface area contributed by atoms with Crippen molar-refractivity contribution in [2.24, 2.45) is 0 Å². The highest BCUT2D eigenvalue weighted by molar-refractivity contribution is 7.90. The first-order valence-electron chi connectivity index (χ1n) is 7.28. The Morgan fingerprint density at radius 1 is 0.826 bits per heavy atom. The summed E-state index contributed by atoms with van der Waals surface area (Å²) in [5, 5.41) is 0. The molecule has 0 aliphatic rings. The summed E-state index contributed by atoms with van der Waals surface area (Å²) in [7, 11) is -3.23. The first kappa shape index (κ1) is 15.4. The van der Waals surface area contributed by atoms with Crippen LogP contribution in [0.15, 0.2) is 71.8 Å². The Labute approximate surface area is 136 Å². The van der Waals surface area contributed by atoms with Crippen LogP contribution >= 0.6 is 0 Å². The number of pyridine rings is 1. The molecular weight excluding hydrogens is 306 g/mol. The van der Waals surface area contributed by atoms with Gasteiger partial charge < -0.3 is 0 Å². The molecule has 0 atom stereocenters. The molecule has 3 rings (SSSR count). The minimum absolute atomic E-state index is 0.231. The average Bonchev–Trinajstić information content (AvgIpc) is 2.55. The zero-order valence-electron chi connectivity index (χ0n) is 13.0. The molecule has 0 aliphatic heterocycles. The predicted molar refractivity (Wildman–Crippen MR) is 93.0 cm³/mol. The van der Waals surface area contributed by atoms with E-state index >= 15 is 0 Å². The molecule has 0 spiro atoms. The van der Waals surface area contributed by atoms with E-state index < -0.39 is 9.84 Å². The molecule has 0 N–H and O–H groups in total. The Bertz CT molecular complexity index is 928. The number of hydrogen-bond acceptors (Lipinski definition) is 3. The highest BCUT2D eigenvalue weighted by atomic mass is 32.2. The number of nitrogens with zero attached hydrogens (tertiary/aromatic N) is 1. The number of sulfone groups is 1. The van der Waals surface area contributed by atoms with Crippen molar-refractivity contribution in [2.75, 3.05) is 6.26 Å². The molecular formula is C19H17NO2S. The van der Waals surface area contributed by atoms with Gasteiger partial charge in [-0.3, -0.25) is 4.98 Å². The van der Waals surface area contributed by atoms with Crippen molar-refractivity contribution in [1.29, 1.82) is 0 Å². The van der Waals surface area contributed by atoms with Gasteiger partial charge in [0.1, 0.15) is 0 Å². The van der Waals surface area contributed by atoms with Crippen LogP contribution in [-0.4, -0.2) is 19.7 Å². The van der Waals surface area contributed by atoms with E-state index in [1.165, 1.54) is 18.0 Å². The lowest BCUT2D eigenvalue weighted by atomic mass is 9.97. The van der Waals surface area contributed by atoms with Gasteiger partial charge in [-0.15, -0.1) is 0 Å². The predicted octanol–water partition coefficient (Wildman–Crippen LogP) is 4.13. The highest BCUT2D eigenvalue weighted by Crippen LogP contribution is 2.31. The number of benzene rings is 2. The molecule has 1 aromatic heterocycles. The van der Waals surface area contributed by atoms with Crippen molar-refractivity contribution in [3.63, 3.8) is 0 Å². The van der Waals surface area contributed by atoms with Gasteiger partial charge in [0.15, 0.2) is 9.84 Å². The second-order valence-corrected chi connectivity index (χ2v) is 7.58. The van der Waals surface area contributed by atoms with E-state index in [4.69, 9.17) is 0 Å². The zero-order valence-corrected chi connectivity index (χ0v) is 13.8. The summed E-state index contributed by atoms with van der Waals surface area (Å²) in [4.78, 5) is 4.57. The maximum Gasteiger partial charge on any atom is 0.177 e.